The molecule has 0 spiro atoms. The third kappa shape index (κ3) is 4.11. The lowest BCUT2D eigenvalue weighted by Gasteiger charge is -2.23. The minimum absolute atomic E-state index is 0.443. The molecule has 23 heavy (non-hydrogen) atoms. The van der Waals surface area contributed by atoms with Crippen molar-refractivity contribution in [2.24, 2.45) is 0 Å². The van der Waals surface area contributed by atoms with Crippen LogP contribution in [0, 0.1) is 0 Å². The first-order valence-corrected chi connectivity index (χ1v) is 9.10. The van der Waals surface area contributed by atoms with Gasteiger partial charge in [-0.2, -0.15) is 0 Å². The fraction of sp³-hybridized carbons (Fsp3) is 0.429. The van der Waals surface area contributed by atoms with E-state index < -0.39 is 0 Å². The van der Waals surface area contributed by atoms with E-state index in [2.05, 4.69) is 53.7 Å². The summed E-state index contributed by atoms with van der Waals surface area (Å²) in [6, 6.07) is 10.5. The van der Waals surface area contributed by atoms with Gasteiger partial charge < -0.3 is 0 Å². The summed E-state index contributed by atoms with van der Waals surface area (Å²) < 4.78 is 0. The first-order valence-electron chi connectivity index (χ1n) is 8.34. The van der Waals surface area contributed by atoms with Crippen molar-refractivity contribution >= 4 is 23.2 Å². The first-order chi connectivity index (χ1) is 10.7. The predicted octanol–water partition coefficient (Wildman–Crippen LogP) is 8.03. The van der Waals surface area contributed by atoms with Gasteiger partial charge in [0.15, 0.2) is 0 Å². The van der Waals surface area contributed by atoms with Gasteiger partial charge in [0, 0.05) is 10.0 Å². The van der Waals surface area contributed by atoms with Gasteiger partial charge in [-0.05, 0) is 63.8 Å². The van der Waals surface area contributed by atoms with Gasteiger partial charge in [0.1, 0.15) is 0 Å². The second-order valence-electron chi connectivity index (χ2n) is 7.20. The van der Waals surface area contributed by atoms with Gasteiger partial charge in [0.05, 0.1) is 0 Å². The number of rotatable bonds is 4. The number of halogens is 2. The standard InChI is InChI=1S/C21H26Cl2/c1-12(2)15-9-19(13(3)4)21(20(10-15)14(5)6)16-7-17(22)11-18(23)8-16/h7-14H,1-6H3. The number of hydrogen-bond acceptors (Lipinski definition) is 0. The molecule has 0 saturated carbocycles. The van der Waals surface area contributed by atoms with Crippen LogP contribution in [-0.2, 0) is 0 Å². The van der Waals surface area contributed by atoms with E-state index in [0.717, 1.165) is 5.56 Å². The van der Waals surface area contributed by atoms with Crippen LogP contribution in [-0.4, -0.2) is 0 Å². The maximum Gasteiger partial charge on any atom is 0.0426 e. The Morgan fingerprint density at radius 1 is 0.609 bits per heavy atom. The van der Waals surface area contributed by atoms with Crippen LogP contribution in [0.25, 0.3) is 11.1 Å². The monoisotopic (exact) mass is 348 g/mol. The van der Waals surface area contributed by atoms with Crippen LogP contribution in [0.15, 0.2) is 30.3 Å². The molecule has 0 amide bonds. The van der Waals surface area contributed by atoms with Crippen LogP contribution in [0.5, 0.6) is 0 Å². The lowest BCUT2D eigenvalue weighted by atomic mass is 9.82. The maximum atomic E-state index is 6.26. The molecule has 0 bridgehead atoms. The third-order valence-electron chi connectivity index (χ3n) is 4.28. The predicted molar refractivity (Wildman–Crippen MR) is 104 cm³/mol. The molecule has 0 aromatic heterocycles. The Bertz CT molecular complexity index is 648. The highest BCUT2D eigenvalue weighted by Crippen LogP contribution is 2.40. The van der Waals surface area contributed by atoms with E-state index in [9.17, 15) is 0 Å². The topological polar surface area (TPSA) is 0 Å². The van der Waals surface area contributed by atoms with Crippen LogP contribution >= 0.6 is 23.2 Å². The molecule has 2 aromatic carbocycles. The van der Waals surface area contributed by atoms with Crippen molar-refractivity contribution in [2.45, 2.75) is 59.3 Å². The second-order valence-corrected chi connectivity index (χ2v) is 8.07. The SMILES string of the molecule is CC(C)c1cc(C(C)C)c(-c2cc(Cl)cc(Cl)c2)c(C(C)C)c1. The van der Waals surface area contributed by atoms with Gasteiger partial charge in [0.2, 0.25) is 0 Å². The molecule has 0 atom stereocenters. The largest absolute Gasteiger partial charge is 0.0843 e. The number of benzene rings is 2. The molecule has 124 valence electrons. The zero-order valence-electron chi connectivity index (χ0n) is 14.9. The first kappa shape index (κ1) is 18.4. The van der Waals surface area contributed by atoms with Crippen molar-refractivity contribution < 1.29 is 0 Å². The van der Waals surface area contributed by atoms with Crippen molar-refractivity contribution in [3.63, 3.8) is 0 Å². The molecule has 0 aliphatic heterocycles. The molecular formula is C21H26Cl2. The Morgan fingerprint density at radius 2 is 1.04 bits per heavy atom. The van der Waals surface area contributed by atoms with Gasteiger partial charge in [-0.25, -0.2) is 0 Å². The summed E-state index contributed by atoms with van der Waals surface area (Å²) in [4.78, 5) is 0. The Labute approximate surface area is 150 Å². The van der Waals surface area contributed by atoms with E-state index in [1.807, 2.05) is 12.1 Å². The minimum atomic E-state index is 0.443. The van der Waals surface area contributed by atoms with E-state index in [1.54, 1.807) is 6.07 Å². The quantitative estimate of drug-likeness (QED) is 0.524. The van der Waals surface area contributed by atoms with Gasteiger partial charge in [-0.3, -0.25) is 0 Å². The van der Waals surface area contributed by atoms with Crippen LogP contribution in [0.1, 0.15) is 76.0 Å². The summed E-state index contributed by atoms with van der Waals surface area (Å²) in [6.07, 6.45) is 0. The van der Waals surface area contributed by atoms with E-state index in [4.69, 9.17) is 23.2 Å². The molecule has 2 aromatic rings. The zero-order chi connectivity index (χ0) is 17.3. The number of hydrogen-bond donors (Lipinski definition) is 0. The van der Waals surface area contributed by atoms with Crippen molar-refractivity contribution in [1.29, 1.82) is 0 Å². The Hall–Kier alpha value is -0.980. The van der Waals surface area contributed by atoms with Crippen molar-refractivity contribution in [3.05, 3.63) is 57.1 Å². The second kappa shape index (κ2) is 7.28. The zero-order valence-corrected chi connectivity index (χ0v) is 16.4. The summed E-state index contributed by atoms with van der Waals surface area (Å²) in [7, 11) is 0. The molecule has 0 N–H and O–H groups in total. The normalized spacial score (nSPS) is 11.8. The van der Waals surface area contributed by atoms with Crippen LogP contribution in [0.4, 0.5) is 0 Å². The fourth-order valence-electron chi connectivity index (χ4n) is 2.99. The highest BCUT2D eigenvalue weighted by Gasteiger charge is 2.19. The smallest absolute Gasteiger partial charge is 0.0426 e. The highest BCUT2D eigenvalue weighted by molar-refractivity contribution is 6.35. The summed E-state index contributed by atoms with van der Waals surface area (Å²) in [6.45, 7) is 13.5. The molecule has 0 unspecified atom stereocenters. The molecule has 0 heterocycles. The summed E-state index contributed by atoms with van der Waals surface area (Å²) in [5.74, 6) is 1.40. The van der Waals surface area contributed by atoms with E-state index in [0.29, 0.717) is 27.8 Å². The average Bonchev–Trinajstić information content (AvgIpc) is 2.44. The highest BCUT2D eigenvalue weighted by atomic mass is 35.5. The van der Waals surface area contributed by atoms with Gasteiger partial charge in [-0.1, -0.05) is 76.9 Å². The summed E-state index contributed by atoms with van der Waals surface area (Å²) in [5.41, 5.74) is 6.56. The minimum Gasteiger partial charge on any atom is -0.0843 e. The van der Waals surface area contributed by atoms with Crippen LogP contribution < -0.4 is 0 Å². The average molecular weight is 349 g/mol. The molecule has 0 aliphatic carbocycles. The van der Waals surface area contributed by atoms with Gasteiger partial charge in [-0.15, -0.1) is 0 Å². The molecule has 0 radical (unpaired) electrons. The van der Waals surface area contributed by atoms with Crippen LogP contribution in [0.2, 0.25) is 10.0 Å². The summed E-state index contributed by atoms with van der Waals surface area (Å²) in [5, 5.41) is 1.37. The van der Waals surface area contributed by atoms with Gasteiger partial charge >= 0.3 is 0 Å². The molecule has 0 fully saturated rings. The Morgan fingerprint density at radius 3 is 1.39 bits per heavy atom. The van der Waals surface area contributed by atoms with Crippen LogP contribution in [0.3, 0.4) is 0 Å². The lowest BCUT2D eigenvalue weighted by molar-refractivity contribution is 0.807. The maximum absolute atomic E-state index is 6.26. The van der Waals surface area contributed by atoms with E-state index in [1.165, 1.54) is 22.3 Å². The molecule has 2 rings (SSSR count). The third-order valence-corrected chi connectivity index (χ3v) is 4.72. The van der Waals surface area contributed by atoms with Gasteiger partial charge in [0.25, 0.3) is 0 Å². The Kier molecular flexibility index (Phi) is 5.81. The van der Waals surface area contributed by atoms with Crippen molar-refractivity contribution in [3.8, 4) is 11.1 Å². The fourth-order valence-corrected chi connectivity index (χ4v) is 3.51. The van der Waals surface area contributed by atoms with Crippen molar-refractivity contribution in [2.75, 3.05) is 0 Å². The van der Waals surface area contributed by atoms with E-state index in [-0.39, 0.29) is 0 Å². The summed E-state index contributed by atoms with van der Waals surface area (Å²) >= 11 is 12.5. The molecular weight excluding hydrogens is 323 g/mol. The lowest BCUT2D eigenvalue weighted by Crippen LogP contribution is -2.03. The Balaban J connectivity index is 2.83. The molecule has 0 nitrogen and oxygen atoms in total. The van der Waals surface area contributed by atoms with Crippen molar-refractivity contribution in [1.82, 2.24) is 0 Å². The molecule has 2 heteroatoms. The molecule has 0 aliphatic rings. The van der Waals surface area contributed by atoms with E-state index >= 15 is 0 Å². The molecule has 0 saturated heterocycles.